The van der Waals surface area contributed by atoms with Crippen molar-refractivity contribution in [1.29, 1.82) is 5.26 Å². The average Bonchev–Trinajstić information content (AvgIpc) is 2.49. The second-order valence-corrected chi connectivity index (χ2v) is 5.54. The summed E-state index contributed by atoms with van der Waals surface area (Å²) in [5, 5.41) is 8.97. The van der Waals surface area contributed by atoms with Crippen molar-refractivity contribution >= 4 is 11.8 Å². The van der Waals surface area contributed by atoms with Crippen molar-refractivity contribution < 1.29 is 4.74 Å². The van der Waals surface area contributed by atoms with Gasteiger partial charge in [0.1, 0.15) is 11.8 Å². The molecule has 0 saturated heterocycles. The summed E-state index contributed by atoms with van der Waals surface area (Å²) in [6.45, 7) is 2.75. The largest absolute Gasteiger partial charge is 0.491 e. The molecule has 0 N–H and O–H groups in total. The van der Waals surface area contributed by atoms with Crippen molar-refractivity contribution in [2.24, 2.45) is 0 Å². The molecule has 2 nitrogen and oxygen atoms in total. The van der Waals surface area contributed by atoms with Crippen LogP contribution in [0.25, 0.3) is 0 Å². The fourth-order valence-corrected chi connectivity index (χ4v) is 2.74. The van der Waals surface area contributed by atoms with Gasteiger partial charge in [0.15, 0.2) is 0 Å². The summed E-state index contributed by atoms with van der Waals surface area (Å²) in [6, 6.07) is 17.9. The second-order valence-electron chi connectivity index (χ2n) is 4.44. The molecule has 0 saturated carbocycles. The molecule has 102 valence electrons. The van der Waals surface area contributed by atoms with Gasteiger partial charge < -0.3 is 4.74 Å². The molecular formula is C17H17NOS. The van der Waals surface area contributed by atoms with Crippen LogP contribution in [0.3, 0.4) is 0 Å². The van der Waals surface area contributed by atoms with Crippen LogP contribution in [0, 0.1) is 18.3 Å². The predicted molar refractivity (Wildman–Crippen MR) is 84.0 cm³/mol. The maximum Gasteiger partial charge on any atom is 0.137 e. The van der Waals surface area contributed by atoms with Crippen LogP contribution in [0.2, 0.25) is 0 Å². The normalized spacial score (nSPS) is 10.0. The molecule has 20 heavy (non-hydrogen) atoms. The molecular weight excluding hydrogens is 266 g/mol. The van der Waals surface area contributed by atoms with Crippen LogP contribution in [0.15, 0.2) is 48.5 Å². The highest BCUT2D eigenvalue weighted by Crippen LogP contribution is 2.18. The van der Waals surface area contributed by atoms with E-state index in [1.807, 2.05) is 30.0 Å². The maximum atomic E-state index is 8.97. The fraction of sp³-hybridized carbons (Fsp3) is 0.235. The summed E-state index contributed by atoms with van der Waals surface area (Å²) >= 11 is 1.85. The quantitative estimate of drug-likeness (QED) is 0.746. The van der Waals surface area contributed by atoms with Gasteiger partial charge in [-0.25, -0.2) is 0 Å². The van der Waals surface area contributed by atoms with Crippen LogP contribution in [0.5, 0.6) is 5.75 Å². The zero-order valence-electron chi connectivity index (χ0n) is 11.5. The predicted octanol–water partition coefficient (Wildman–Crippen LogP) is 4.18. The highest BCUT2D eigenvalue weighted by Gasteiger charge is 2.01. The molecule has 0 spiro atoms. The Balaban J connectivity index is 1.75. The minimum absolute atomic E-state index is 0.594. The molecule has 0 fully saturated rings. The lowest BCUT2D eigenvalue weighted by Gasteiger charge is -2.08. The molecule has 0 unspecified atom stereocenters. The molecule has 2 aromatic carbocycles. The second kappa shape index (κ2) is 7.62. The van der Waals surface area contributed by atoms with E-state index in [-0.39, 0.29) is 0 Å². The number of nitriles is 1. The molecule has 0 aliphatic carbocycles. The van der Waals surface area contributed by atoms with Gasteiger partial charge in [0.25, 0.3) is 0 Å². The van der Waals surface area contributed by atoms with Gasteiger partial charge in [-0.15, -0.1) is 0 Å². The van der Waals surface area contributed by atoms with Crippen LogP contribution in [0.4, 0.5) is 0 Å². The molecule has 0 heterocycles. The smallest absolute Gasteiger partial charge is 0.137 e. The first-order valence-corrected chi connectivity index (χ1v) is 7.71. The summed E-state index contributed by atoms with van der Waals surface area (Å²) < 4.78 is 5.65. The summed E-state index contributed by atoms with van der Waals surface area (Å²) in [7, 11) is 0. The lowest BCUT2D eigenvalue weighted by Crippen LogP contribution is -2.02. The number of rotatable bonds is 6. The van der Waals surface area contributed by atoms with E-state index in [1.165, 1.54) is 11.1 Å². The monoisotopic (exact) mass is 283 g/mol. The molecule has 0 atom stereocenters. The van der Waals surface area contributed by atoms with E-state index in [0.29, 0.717) is 17.9 Å². The number of benzene rings is 2. The number of thioether (sulfide) groups is 1. The number of hydrogen-bond donors (Lipinski definition) is 0. The highest BCUT2D eigenvalue weighted by atomic mass is 32.2. The molecule has 0 aliphatic rings. The zero-order valence-corrected chi connectivity index (χ0v) is 12.3. The highest BCUT2D eigenvalue weighted by molar-refractivity contribution is 7.98. The number of hydrogen-bond acceptors (Lipinski definition) is 3. The molecule has 2 rings (SSSR count). The number of nitrogens with zero attached hydrogens (tertiary/aromatic N) is 1. The van der Waals surface area contributed by atoms with E-state index in [0.717, 1.165) is 11.5 Å². The molecule has 0 aromatic heterocycles. The Morgan fingerprint density at radius 2 is 1.85 bits per heavy atom. The lowest BCUT2D eigenvalue weighted by molar-refractivity contribution is 0.343. The van der Waals surface area contributed by atoms with E-state index in [1.54, 1.807) is 6.07 Å². The van der Waals surface area contributed by atoms with Crippen LogP contribution >= 0.6 is 11.8 Å². The molecule has 0 aliphatic heterocycles. The van der Waals surface area contributed by atoms with E-state index in [9.17, 15) is 0 Å². The van der Waals surface area contributed by atoms with Crippen molar-refractivity contribution in [1.82, 2.24) is 0 Å². The minimum Gasteiger partial charge on any atom is -0.491 e. The van der Waals surface area contributed by atoms with Crippen LogP contribution in [-0.4, -0.2) is 12.4 Å². The third-order valence-corrected chi connectivity index (χ3v) is 3.98. The summed E-state index contributed by atoms with van der Waals surface area (Å²) in [6.07, 6.45) is 0. The molecule has 2 aromatic rings. The van der Waals surface area contributed by atoms with Crippen molar-refractivity contribution in [3.63, 3.8) is 0 Å². The van der Waals surface area contributed by atoms with Crippen LogP contribution < -0.4 is 4.74 Å². The molecule has 0 amide bonds. The van der Waals surface area contributed by atoms with Gasteiger partial charge in [0, 0.05) is 11.5 Å². The fourth-order valence-electron chi connectivity index (χ4n) is 1.85. The number of para-hydroxylation sites is 1. The van der Waals surface area contributed by atoms with Gasteiger partial charge in [-0.3, -0.25) is 0 Å². The Bertz CT molecular complexity index is 604. The van der Waals surface area contributed by atoms with E-state index < -0.39 is 0 Å². The first-order chi connectivity index (χ1) is 9.81. The van der Waals surface area contributed by atoms with Crippen molar-refractivity contribution in [3.05, 3.63) is 65.2 Å². The Morgan fingerprint density at radius 3 is 2.65 bits per heavy atom. The van der Waals surface area contributed by atoms with Crippen molar-refractivity contribution in [3.8, 4) is 11.8 Å². The van der Waals surface area contributed by atoms with Crippen LogP contribution in [0.1, 0.15) is 16.7 Å². The van der Waals surface area contributed by atoms with Gasteiger partial charge in [-0.05, 0) is 30.2 Å². The first-order valence-electron chi connectivity index (χ1n) is 6.55. The van der Waals surface area contributed by atoms with Crippen molar-refractivity contribution in [2.45, 2.75) is 12.7 Å². The van der Waals surface area contributed by atoms with E-state index in [4.69, 9.17) is 10.00 Å². The number of ether oxygens (including phenoxy) is 1. The summed E-state index contributed by atoms with van der Waals surface area (Å²) in [5.74, 6) is 2.58. The van der Waals surface area contributed by atoms with Gasteiger partial charge in [0.2, 0.25) is 0 Å². The van der Waals surface area contributed by atoms with Gasteiger partial charge in [-0.1, -0.05) is 36.4 Å². The zero-order chi connectivity index (χ0) is 14.2. The first kappa shape index (κ1) is 14.5. The molecule has 0 bridgehead atoms. The van der Waals surface area contributed by atoms with Gasteiger partial charge in [-0.2, -0.15) is 17.0 Å². The van der Waals surface area contributed by atoms with E-state index in [2.05, 4.69) is 37.3 Å². The van der Waals surface area contributed by atoms with Crippen molar-refractivity contribution in [2.75, 3.05) is 12.4 Å². The standard InChI is InChI=1S/C17H17NOS/c1-14-6-2-3-8-16(14)13-20-11-10-19-17-9-5-4-7-15(17)12-18/h2-9H,10-11,13H2,1H3. The lowest BCUT2D eigenvalue weighted by atomic mass is 10.1. The van der Waals surface area contributed by atoms with Gasteiger partial charge >= 0.3 is 0 Å². The number of aryl methyl sites for hydroxylation is 1. The molecule has 0 radical (unpaired) electrons. The Kier molecular flexibility index (Phi) is 5.52. The SMILES string of the molecule is Cc1ccccc1CSCCOc1ccccc1C#N. The topological polar surface area (TPSA) is 33.0 Å². The molecule has 3 heteroatoms. The Hall–Kier alpha value is -1.92. The Labute approximate surface area is 124 Å². The summed E-state index contributed by atoms with van der Waals surface area (Å²) in [5.41, 5.74) is 3.29. The Morgan fingerprint density at radius 1 is 1.10 bits per heavy atom. The summed E-state index contributed by atoms with van der Waals surface area (Å²) in [4.78, 5) is 0. The minimum atomic E-state index is 0.594. The van der Waals surface area contributed by atoms with E-state index >= 15 is 0 Å². The third kappa shape index (κ3) is 4.04. The van der Waals surface area contributed by atoms with Gasteiger partial charge in [0.05, 0.1) is 12.2 Å². The van der Waals surface area contributed by atoms with Crippen LogP contribution in [-0.2, 0) is 5.75 Å². The third-order valence-electron chi connectivity index (χ3n) is 3.01. The average molecular weight is 283 g/mol. The maximum absolute atomic E-state index is 8.97.